The van der Waals surface area contributed by atoms with E-state index in [1.54, 1.807) is 12.1 Å². The van der Waals surface area contributed by atoms with Crippen molar-refractivity contribution < 1.29 is 4.52 Å². The number of aromatic nitrogens is 2. The molecule has 0 radical (unpaired) electrons. The van der Waals surface area contributed by atoms with Crippen molar-refractivity contribution >= 4 is 23.2 Å². The number of rotatable bonds is 8. The van der Waals surface area contributed by atoms with Gasteiger partial charge in [0.15, 0.2) is 5.82 Å². The third-order valence-electron chi connectivity index (χ3n) is 3.25. The maximum atomic E-state index is 6.14. The molecule has 0 saturated carbocycles. The van der Waals surface area contributed by atoms with Gasteiger partial charge in [0.1, 0.15) is 0 Å². The van der Waals surface area contributed by atoms with Gasteiger partial charge < -0.3 is 10.3 Å². The molecule has 0 aliphatic rings. The van der Waals surface area contributed by atoms with E-state index >= 15 is 0 Å². The van der Waals surface area contributed by atoms with Crippen LogP contribution in [0.3, 0.4) is 0 Å². The average molecular weight is 328 g/mol. The lowest BCUT2D eigenvalue weighted by molar-refractivity contribution is 0.369. The highest BCUT2D eigenvalue weighted by molar-refractivity contribution is 6.36. The predicted molar refractivity (Wildman–Crippen MR) is 84.8 cm³/mol. The zero-order valence-corrected chi connectivity index (χ0v) is 13.3. The molecule has 2 rings (SSSR count). The van der Waals surface area contributed by atoms with E-state index in [-0.39, 0.29) is 0 Å². The van der Waals surface area contributed by atoms with Gasteiger partial charge in [0.25, 0.3) is 0 Å². The molecule has 114 valence electrons. The van der Waals surface area contributed by atoms with Crippen LogP contribution in [0.25, 0.3) is 0 Å². The molecule has 1 heterocycles. The fourth-order valence-electron chi connectivity index (χ4n) is 2.10. The van der Waals surface area contributed by atoms with Gasteiger partial charge in [-0.15, -0.1) is 0 Å². The number of halogens is 2. The Morgan fingerprint density at radius 2 is 1.76 bits per heavy atom. The highest BCUT2D eigenvalue weighted by Crippen LogP contribution is 2.26. The number of nitrogens with two attached hydrogens (primary N) is 1. The molecule has 21 heavy (non-hydrogen) atoms. The summed E-state index contributed by atoms with van der Waals surface area (Å²) in [6.45, 7) is 0.753. The standard InChI is InChI=1S/C15H19Cl2N3O/c16-12-6-5-7-13(17)11(12)10-14-19-15(21-20-14)8-3-1-2-4-9-18/h5-7H,1-4,8-10,18H2. The minimum absolute atomic E-state index is 0.481. The van der Waals surface area contributed by atoms with Gasteiger partial charge in [-0.1, -0.05) is 47.3 Å². The van der Waals surface area contributed by atoms with Gasteiger partial charge in [0.2, 0.25) is 5.89 Å². The molecule has 0 saturated heterocycles. The molecule has 0 aliphatic carbocycles. The van der Waals surface area contributed by atoms with Crippen LogP contribution < -0.4 is 5.73 Å². The second-order valence-electron chi connectivity index (χ2n) is 4.93. The first-order chi connectivity index (χ1) is 10.2. The van der Waals surface area contributed by atoms with E-state index < -0.39 is 0 Å². The van der Waals surface area contributed by atoms with Gasteiger partial charge in [-0.3, -0.25) is 0 Å². The van der Waals surface area contributed by atoms with Crippen LogP contribution in [0.2, 0.25) is 10.0 Å². The molecule has 4 nitrogen and oxygen atoms in total. The SMILES string of the molecule is NCCCCCCc1nc(Cc2c(Cl)cccc2Cl)no1. The van der Waals surface area contributed by atoms with Crippen molar-refractivity contribution in [3.63, 3.8) is 0 Å². The quantitative estimate of drug-likeness (QED) is 0.743. The van der Waals surface area contributed by atoms with Crippen molar-refractivity contribution in [3.8, 4) is 0 Å². The smallest absolute Gasteiger partial charge is 0.226 e. The van der Waals surface area contributed by atoms with Crippen molar-refractivity contribution in [1.29, 1.82) is 0 Å². The lowest BCUT2D eigenvalue weighted by Gasteiger charge is -2.03. The van der Waals surface area contributed by atoms with Gasteiger partial charge in [-0.2, -0.15) is 4.98 Å². The van der Waals surface area contributed by atoms with E-state index in [1.807, 2.05) is 6.07 Å². The number of unbranched alkanes of at least 4 members (excludes halogenated alkanes) is 3. The number of hydrogen-bond acceptors (Lipinski definition) is 4. The second kappa shape index (κ2) is 8.37. The molecule has 0 bridgehead atoms. The first-order valence-electron chi connectivity index (χ1n) is 7.15. The summed E-state index contributed by atoms with van der Waals surface area (Å²) >= 11 is 12.3. The van der Waals surface area contributed by atoms with Gasteiger partial charge in [0, 0.05) is 22.9 Å². The van der Waals surface area contributed by atoms with Crippen LogP contribution in [0.1, 0.15) is 43.0 Å². The van der Waals surface area contributed by atoms with E-state index in [4.69, 9.17) is 33.5 Å². The summed E-state index contributed by atoms with van der Waals surface area (Å²) in [7, 11) is 0. The Morgan fingerprint density at radius 3 is 2.48 bits per heavy atom. The molecule has 6 heteroatoms. The van der Waals surface area contributed by atoms with Crippen molar-refractivity contribution in [3.05, 3.63) is 45.5 Å². The van der Waals surface area contributed by atoms with E-state index in [2.05, 4.69) is 10.1 Å². The van der Waals surface area contributed by atoms with Crippen molar-refractivity contribution in [2.75, 3.05) is 6.54 Å². The molecule has 0 unspecified atom stereocenters. The van der Waals surface area contributed by atoms with Crippen LogP contribution in [0, 0.1) is 0 Å². The molecule has 1 aromatic heterocycles. The average Bonchev–Trinajstić information content (AvgIpc) is 2.91. The molecule has 0 fully saturated rings. The Labute approximate surface area is 134 Å². The Hall–Kier alpha value is -1.10. The van der Waals surface area contributed by atoms with Gasteiger partial charge in [0.05, 0.1) is 0 Å². The summed E-state index contributed by atoms with van der Waals surface area (Å²) in [5, 5.41) is 5.23. The van der Waals surface area contributed by atoms with E-state index in [9.17, 15) is 0 Å². The zero-order chi connectivity index (χ0) is 15.1. The van der Waals surface area contributed by atoms with Crippen molar-refractivity contribution in [2.45, 2.75) is 38.5 Å². The molecule has 0 amide bonds. The van der Waals surface area contributed by atoms with Crippen LogP contribution in [0.4, 0.5) is 0 Å². The summed E-state index contributed by atoms with van der Waals surface area (Å²) < 4.78 is 5.25. The van der Waals surface area contributed by atoms with Gasteiger partial charge in [-0.05, 0) is 37.1 Å². The second-order valence-corrected chi connectivity index (χ2v) is 5.75. The number of benzene rings is 1. The van der Waals surface area contributed by atoms with E-state index in [0.717, 1.165) is 44.2 Å². The molecule has 2 aromatic rings. The van der Waals surface area contributed by atoms with Crippen LogP contribution in [-0.4, -0.2) is 16.7 Å². The van der Waals surface area contributed by atoms with Crippen LogP contribution >= 0.6 is 23.2 Å². The van der Waals surface area contributed by atoms with E-state index in [1.165, 1.54) is 0 Å². The summed E-state index contributed by atoms with van der Waals surface area (Å²) in [6.07, 6.45) is 5.66. The lowest BCUT2D eigenvalue weighted by Crippen LogP contribution is -1.98. The van der Waals surface area contributed by atoms with Gasteiger partial charge in [-0.25, -0.2) is 0 Å². The van der Waals surface area contributed by atoms with Crippen LogP contribution in [-0.2, 0) is 12.8 Å². The molecular weight excluding hydrogens is 309 g/mol. The first kappa shape index (κ1) is 16.3. The fourth-order valence-corrected chi connectivity index (χ4v) is 2.63. The van der Waals surface area contributed by atoms with Crippen LogP contribution in [0.15, 0.2) is 22.7 Å². The normalized spacial score (nSPS) is 11.0. The third kappa shape index (κ3) is 4.99. The molecule has 2 N–H and O–H groups in total. The predicted octanol–water partition coefficient (Wildman–Crippen LogP) is 4.03. The molecule has 0 atom stereocenters. The Kier molecular flexibility index (Phi) is 6.49. The number of hydrogen-bond donors (Lipinski definition) is 1. The Morgan fingerprint density at radius 1 is 1.05 bits per heavy atom. The minimum atomic E-state index is 0.481. The third-order valence-corrected chi connectivity index (χ3v) is 3.96. The fraction of sp³-hybridized carbons (Fsp3) is 0.467. The summed E-state index contributed by atoms with van der Waals surface area (Å²) in [5.41, 5.74) is 6.29. The maximum absolute atomic E-state index is 6.14. The van der Waals surface area contributed by atoms with Crippen LogP contribution in [0.5, 0.6) is 0 Å². The van der Waals surface area contributed by atoms with Crippen molar-refractivity contribution in [2.24, 2.45) is 5.73 Å². The maximum Gasteiger partial charge on any atom is 0.226 e. The minimum Gasteiger partial charge on any atom is -0.339 e. The molecule has 1 aromatic carbocycles. The molecule has 0 spiro atoms. The highest BCUT2D eigenvalue weighted by atomic mass is 35.5. The topological polar surface area (TPSA) is 64.9 Å². The summed E-state index contributed by atoms with van der Waals surface area (Å²) in [4.78, 5) is 4.39. The highest BCUT2D eigenvalue weighted by Gasteiger charge is 2.11. The number of nitrogens with zero attached hydrogens (tertiary/aromatic N) is 2. The zero-order valence-electron chi connectivity index (χ0n) is 11.8. The number of aryl methyl sites for hydroxylation is 1. The van der Waals surface area contributed by atoms with Gasteiger partial charge >= 0.3 is 0 Å². The Bertz CT molecular complexity index is 552. The summed E-state index contributed by atoms with van der Waals surface area (Å²) in [6, 6.07) is 5.43. The lowest BCUT2D eigenvalue weighted by atomic mass is 10.1. The van der Waals surface area contributed by atoms with Crippen molar-refractivity contribution in [1.82, 2.24) is 10.1 Å². The largest absolute Gasteiger partial charge is 0.339 e. The molecule has 0 aliphatic heterocycles. The first-order valence-corrected chi connectivity index (χ1v) is 7.90. The molecular formula is C15H19Cl2N3O. The summed E-state index contributed by atoms with van der Waals surface area (Å²) in [5.74, 6) is 1.28. The Balaban J connectivity index is 1.88. The monoisotopic (exact) mass is 327 g/mol. The van der Waals surface area contributed by atoms with E-state index in [0.29, 0.717) is 28.2 Å².